The first-order valence-electron chi connectivity index (χ1n) is 8.36. The Bertz CT molecular complexity index is 913. The molecule has 0 aliphatic rings. The van der Waals surface area contributed by atoms with Crippen LogP contribution in [-0.4, -0.2) is 27.3 Å². The van der Waals surface area contributed by atoms with Gasteiger partial charge in [-0.25, -0.2) is 9.07 Å². The molecule has 0 saturated heterocycles. The molecule has 1 heterocycles. The average molecular weight is 369 g/mol. The fourth-order valence-electron chi connectivity index (χ4n) is 2.54. The Balaban J connectivity index is 1.77. The highest BCUT2D eigenvalue weighted by atomic mass is 19.1. The summed E-state index contributed by atoms with van der Waals surface area (Å²) >= 11 is 0. The number of nitrogens with zero attached hydrogens (tertiary/aromatic N) is 4. The summed E-state index contributed by atoms with van der Waals surface area (Å²) in [6.07, 6.45) is 1.70. The molecule has 0 bridgehead atoms. The average Bonchev–Trinajstić information content (AvgIpc) is 3.13. The van der Waals surface area contributed by atoms with Gasteiger partial charge in [0.25, 0.3) is 0 Å². The second-order valence-electron chi connectivity index (χ2n) is 5.66. The van der Waals surface area contributed by atoms with Crippen molar-refractivity contribution in [1.29, 1.82) is 0 Å². The van der Waals surface area contributed by atoms with Gasteiger partial charge >= 0.3 is 0 Å². The zero-order valence-electron chi connectivity index (χ0n) is 14.9. The van der Waals surface area contributed by atoms with Crippen LogP contribution in [0.15, 0.2) is 55.1 Å². The van der Waals surface area contributed by atoms with Gasteiger partial charge in [-0.2, -0.15) is 0 Å². The van der Waals surface area contributed by atoms with E-state index in [2.05, 4.69) is 27.4 Å². The lowest BCUT2D eigenvalue weighted by atomic mass is 10.1. The molecule has 0 atom stereocenters. The number of benzene rings is 2. The van der Waals surface area contributed by atoms with E-state index in [0.717, 1.165) is 5.56 Å². The number of ether oxygens (including phenoxy) is 2. The molecule has 0 radical (unpaired) electrons. The van der Waals surface area contributed by atoms with Crippen LogP contribution in [0.2, 0.25) is 0 Å². The number of nitrogens with one attached hydrogen (secondary N) is 1. The van der Waals surface area contributed by atoms with Gasteiger partial charge in [0, 0.05) is 17.7 Å². The van der Waals surface area contributed by atoms with Crippen LogP contribution < -0.4 is 14.8 Å². The normalized spacial score (nSPS) is 10.4. The summed E-state index contributed by atoms with van der Waals surface area (Å²) in [6.45, 7) is 4.67. The van der Waals surface area contributed by atoms with Gasteiger partial charge in [-0.15, -0.1) is 6.58 Å². The van der Waals surface area contributed by atoms with Crippen molar-refractivity contribution in [1.82, 2.24) is 20.2 Å². The minimum absolute atomic E-state index is 0.0915. The highest BCUT2D eigenvalue weighted by molar-refractivity contribution is 5.48. The van der Waals surface area contributed by atoms with Crippen molar-refractivity contribution in [3.05, 3.63) is 72.1 Å². The van der Waals surface area contributed by atoms with Crippen molar-refractivity contribution in [2.75, 3.05) is 12.4 Å². The zero-order valence-corrected chi connectivity index (χ0v) is 14.9. The largest absolute Gasteiger partial charge is 0.493 e. The summed E-state index contributed by atoms with van der Waals surface area (Å²) < 4.78 is 26.8. The number of hydrogen-bond donors (Lipinski definition) is 1. The predicted octanol–water partition coefficient (Wildman–Crippen LogP) is 3.20. The van der Waals surface area contributed by atoms with E-state index in [1.807, 2.05) is 12.1 Å². The predicted molar refractivity (Wildman–Crippen MR) is 99.1 cm³/mol. The molecule has 0 spiro atoms. The van der Waals surface area contributed by atoms with Crippen LogP contribution in [0.4, 0.5) is 10.3 Å². The maximum Gasteiger partial charge on any atom is 0.243 e. The summed E-state index contributed by atoms with van der Waals surface area (Å²) in [4.78, 5) is 0. The number of halogens is 1. The first-order valence-corrected chi connectivity index (χ1v) is 8.36. The molecule has 0 saturated carbocycles. The van der Waals surface area contributed by atoms with Gasteiger partial charge in [0.15, 0.2) is 11.5 Å². The highest BCUT2D eigenvalue weighted by Gasteiger charge is 2.13. The van der Waals surface area contributed by atoms with Crippen molar-refractivity contribution >= 4 is 5.95 Å². The number of tetrazole rings is 1. The number of rotatable bonds is 9. The molecule has 2 aromatic carbocycles. The first kappa shape index (κ1) is 18.4. The molecule has 0 aliphatic carbocycles. The van der Waals surface area contributed by atoms with Crippen LogP contribution in [0.5, 0.6) is 11.5 Å². The van der Waals surface area contributed by atoms with Crippen molar-refractivity contribution in [2.24, 2.45) is 0 Å². The molecule has 3 rings (SSSR count). The molecule has 0 aliphatic heterocycles. The summed E-state index contributed by atoms with van der Waals surface area (Å²) in [6, 6.07) is 12.1. The molecule has 1 aromatic heterocycles. The minimum Gasteiger partial charge on any atom is -0.493 e. The topological polar surface area (TPSA) is 74.1 Å². The Labute approximate surface area is 156 Å². The standard InChI is InChI=1S/C19H20FN5O2/c1-3-11-25-19(22-23-24-25)21-12-14-8-6-10-17(26-2)18(14)27-13-15-7-4-5-9-16(15)20/h3-10H,1,11-13H2,2H3,(H,21,22,24). The van der Waals surface area contributed by atoms with Gasteiger partial charge in [0.2, 0.25) is 5.95 Å². The zero-order chi connectivity index (χ0) is 19.1. The van der Waals surface area contributed by atoms with Crippen LogP contribution >= 0.6 is 0 Å². The molecule has 0 amide bonds. The Hall–Kier alpha value is -3.42. The van der Waals surface area contributed by atoms with Crippen molar-refractivity contribution < 1.29 is 13.9 Å². The van der Waals surface area contributed by atoms with Gasteiger partial charge in [0.1, 0.15) is 12.4 Å². The van der Waals surface area contributed by atoms with E-state index in [9.17, 15) is 4.39 Å². The monoisotopic (exact) mass is 369 g/mol. The van der Waals surface area contributed by atoms with Gasteiger partial charge < -0.3 is 14.8 Å². The van der Waals surface area contributed by atoms with Gasteiger partial charge in [-0.1, -0.05) is 41.5 Å². The lowest BCUT2D eigenvalue weighted by molar-refractivity contribution is 0.277. The Kier molecular flexibility index (Phi) is 5.98. The smallest absolute Gasteiger partial charge is 0.243 e. The van der Waals surface area contributed by atoms with Crippen LogP contribution in [0.25, 0.3) is 0 Å². The fraction of sp³-hybridized carbons (Fsp3) is 0.211. The minimum atomic E-state index is -0.310. The highest BCUT2D eigenvalue weighted by Crippen LogP contribution is 2.32. The van der Waals surface area contributed by atoms with E-state index in [-0.39, 0.29) is 12.4 Å². The van der Waals surface area contributed by atoms with Crippen LogP contribution in [-0.2, 0) is 19.7 Å². The second-order valence-corrected chi connectivity index (χ2v) is 5.66. The third kappa shape index (κ3) is 4.41. The fourth-order valence-corrected chi connectivity index (χ4v) is 2.54. The lowest BCUT2D eigenvalue weighted by Gasteiger charge is -2.16. The van der Waals surface area contributed by atoms with Crippen LogP contribution in [0.3, 0.4) is 0 Å². The molecule has 1 N–H and O–H groups in total. The molecule has 27 heavy (non-hydrogen) atoms. The van der Waals surface area contributed by atoms with Crippen molar-refractivity contribution in [2.45, 2.75) is 19.7 Å². The van der Waals surface area contributed by atoms with Crippen LogP contribution in [0, 0.1) is 5.82 Å². The molecule has 0 unspecified atom stereocenters. The quantitative estimate of drug-likeness (QED) is 0.584. The maximum absolute atomic E-state index is 13.9. The molecule has 8 heteroatoms. The van der Waals surface area contributed by atoms with E-state index in [4.69, 9.17) is 9.47 Å². The Morgan fingerprint density at radius 2 is 2.00 bits per heavy atom. The summed E-state index contributed by atoms with van der Waals surface area (Å²) in [5, 5.41) is 14.6. The third-order valence-electron chi connectivity index (χ3n) is 3.88. The number of aromatic nitrogens is 4. The first-order chi connectivity index (χ1) is 13.2. The van der Waals surface area contributed by atoms with Gasteiger partial charge in [-0.3, -0.25) is 0 Å². The third-order valence-corrected chi connectivity index (χ3v) is 3.88. The van der Waals surface area contributed by atoms with Crippen molar-refractivity contribution in [3.8, 4) is 11.5 Å². The number of methoxy groups -OCH3 is 1. The summed E-state index contributed by atoms with van der Waals surface area (Å²) in [5.74, 6) is 1.31. The van der Waals surface area contributed by atoms with E-state index < -0.39 is 0 Å². The molecular formula is C19H20FN5O2. The summed E-state index contributed by atoms with van der Waals surface area (Å²) in [7, 11) is 1.56. The second kappa shape index (κ2) is 8.79. The lowest BCUT2D eigenvalue weighted by Crippen LogP contribution is -2.10. The molecule has 140 valence electrons. The number of anilines is 1. The number of para-hydroxylation sites is 1. The van der Waals surface area contributed by atoms with Gasteiger partial charge in [0.05, 0.1) is 13.7 Å². The van der Waals surface area contributed by atoms with E-state index >= 15 is 0 Å². The van der Waals surface area contributed by atoms with E-state index in [1.54, 1.807) is 42.1 Å². The van der Waals surface area contributed by atoms with E-state index in [1.165, 1.54) is 6.07 Å². The molecular weight excluding hydrogens is 349 g/mol. The maximum atomic E-state index is 13.9. The number of allylic oxidation sites excluding steroid dienone is 1. The van der Waals surface area contributed by atoms with E-state index in [0.29, 0.717) is 36.1 Å². The van der Waals surface area contributed by atoms with Crippen LogP contribution in [0.1, 0.15) is 11.1 Å². The summed E-state index contributed by atoms with van der Waals surface area (Å²) in [5.41, 5.74) is 1.30. The molecule has 7 nitrogen and oxygen atoms in total. The van der Waals surface area contributed by atoms with Crippen molar-refractivity contribution in [3.63, 3.8) is 0 Å². The van der Waals surface area contributed by atoms with Gasteiger partial charge in [-0.05, 0) is 22.6 Å². The Morgan fingerprint density at radius 1 is 1.19 bits per heavy atom. The molecule has 0 fully saturated rings. The molecule has 3 aromatic rings. The SMILES string of the molecule is C=CCn1nnnc1NCc1cccc(OC)c1OCc1ccccc1F. The number of hydrogen-bond acceptors (Lipinski definition) is 6. The Morgan fingerprint density at radius 3 is 2.78 bits per heavy atom.